The molecule has 4 heterocycles. The fourth-order valence-corrected chi connectivity index (χ4v) is 5.72. The number of halogens is 2. The van der Waals surface area contributed by atoms with Crippen molar-refractivity contribution in [2.75, 3.05) is 37.8 Å². The highest BCUT2D eigenvalue weighted by Crippen LogP contribution is 2.33. The summed E-state index contributed by atoms with van der Waals surface area (Å²) in [5.41, 5.74) is 2.09. The van der Waals surface area contributed by atoms with Crippen LogP contribution in [0.4, 0.5) is 10.2 Å². The molecule has 2 aliphatic heterocycles. The number of piperidine rings is 1. The quantitative estimate of drug-likeness (QED) is 0.425. The summed E-state index contributed by atoms with van der Waals surface area (Å²) in [6.45, 7) is 1.46. The minimum atomic E-state index is -1.12. The van der Waals surface area contributed by atoms with E-state index in [1.165, 1.54) is 11.8 Å². The Hall–Kier alpha value is -2.50. The van der Waals surface area contributed by atoms with Crippen LogP contribution in [0.5, 0.6) is 5.75 Å². The number of β-amino-alcohol motifs (C(OH)–C–C–N with tert-alkyl or cyclic N) is 1. The normalized spacial score (nSPS) is 21.2. The van der Waals surface area contributed by atoms with Gasteiger partial charge in [0.25, 0.3) is 0 Å². The SMILES string of the molecule is COc1ccc2nccc([C@@H](O)CN3CC[C@H](NCc4nc5c(cc4Cl)SCC(=O)N5)[C@H](F)C3)c2c1. The van der Waals surface area contributed by atoms with Crippen LogP contribution >= 0.6 is 23.4 Å². The fraction of sp³-hybridized carbons (Fsp3) is 0.400. The monoisotopic (exact) mass is 531 g/mol. The first-order chi connectivity index (χ1) is 17.4. The molecule has 3 aromatic rings. The second-order valence-corrected chi connectivity index (χ2v) is 10.4. The Morgan fingerprint density at radius 3 is 3.06 bits per heavy atom. The number of methoxy groups -OCH3 is 1. The number of fused-ring (bicyclic) bond motifs is 2. The summed E-state index contributed by atoms with van der Waals surface area (Å²) in [7, 11) is 1.60. The molecule has 190 valence electrons. The van der Waals surface area contributed by atoms with Crippen LogP contribution in [0.3, 0.4) is 0 Å². The molecule has 0 aliphatic carbocycles. The Morgan fingerprint density at radius 1 is 1.39 bits per heavy atom. The third-order valence-corrected chi connectivity index (χ3v) is 7.92. The highest BCUT2D eigenvalue weighted by atomic mass is 35.5. The van der Waals surface area contributed by atoms with E-state index in [9.17, 15) is 9.90 Å². The van der Waals surface area contributed by atoms with Crippen LogP contribution < -0.4 is 15.4 Å². The van der Waals surface area contributed by atoms with Gasteiger partial charge < -0.3 is 20.5 Å². The maximum atomic E-state index is 15.1. The molecule has 0 spiro atoms. The molecule has 1 fully saturated rings. The largest absolute Gasteiger partial charge is 0.497 e. The number of hydrogen-bond donors (Lipinski definition) is 3. The van der Waals surface area contributed by atoms with Crippen LogP contribution in [0.2, 0.25) is 5.02 Å². The first kappa shape index (κ1) is 25.2. The molecule has 8 nitrogen and oxygen atoms in total. The standard InChI is InChI=1S/C25H27ClFN5O3S/c1-35-14-2-3-19-16(8-14)15(4-6-28-19)22(33)12-32-7-5-20(18(27)11-32)29-10-21-17(26)9-23-25(30-21)31-24(34)13-36-23/h2-4,6,8-9,18,20,22,29,33H,5,7,10-13H2,1H3,(H,30,31,34)/t18-,20+,22+/m1/s1. The van der Waals surface area contributed by atoms with Crippen LogP contribution in [0.15, 0.2) is 41.4 Å². The van der Waals surface area contributed by atoms with Crippen LogP contribution in [-0.4, -0.2) is 70.6 Å². The predicted molar refractivity (Wildman–Crippen MR) is 138 cm³/mol. The maximum absolute atomic E-state index is 15.1. The number of carbonyl (C=O) groups excluding carboxylic acids is 1. The number of pyridine rings is 2. The van der Waals surface area contributed by atoms with Gasteiger partial charge in [0.2, 0.25) is 5.91 Å². The molecule has 36 heavy (non-hydrogen) atoms. The lowest BCUT2D eigenvalue weighted by molar-refractivity contribution is -0.113. The highest BCUT2D eigenvalue weighted by Gasteiger charge is 2.30. The minimum Gasteiger partial charge on any atom is -0.497 e. The molecule has 0 saturated carbocycles. The van der Waals surface area contributed by atoms with Gasteiger partial charge in [0.05, 0.1) is 40.1 Å². The van der Waals surface area contributed by atoms with Crippen molar-refractivity contribution in [1.82, 2.24) is 20.2 Å². The van der Waals surface area contributed by atoms with Crippen molar-refractivity contribution in [2.24, 2.45) is 0 Å². The Balaban J connectivity index is 1.19. The molecule has 0 unspecified atom stereocenters. The number of likely N-dealkylation sites (tertiary alicyclic amines) is 1. The lowest BCUT2D eigenvalue weighted by atomic mass is 10.00. The molecule has 5 rings (SSSR count). The van der Waals surface area contributed by atoms with Gasteiger partial charge in [0.1, 0.15) is 17.7 Å². The Morgan fingerprint density at radius 2 is 2.25 bits per heavy atom. The fourth-order valence-electron chi connectivity index (χ4n) is 4.64. The summed E-state index contributed by atoms with van der Waals surface area (Å²) < 4.78 is 20.4. The average molecular weight is 532 g/mol. The number of ether oxygens (including phenoxy) is 1. The van der Waals surface area contributed by atoms with Gasteiger partial charge in [-0.3, -0.25) is 14.7 Å². The average Bonchev–Trinajstić information content (AvgIpc) is 2.87. The lowest BCUT2D eigenvalue weighted by Gasteiger charge is -2.36. The van der Waals surface area contributed by atoms with Crippen molar-refractivity contribution < 1.29 is 19.0 Å². The Kier molecular flexibility index (Phi) is 7.59. The molecule has 3 atom stereocenters. The number of nitrogens with zero attached hydrogens (tertiary/aromatic N) is 3. The second-order valence-electron chi connectivity index (χ2n) is 8.95. The molecule has 2 aromatic heterocycles. The topological polar surface area (TPSA) is 99.6 Å². The van der Waals surface area contributed by atoms with Gasteiger partial charge >= 0.3 is 0 Å². The van der Waals surface area contributed by atoms with Gasteiger partial charge in [-0.15, -0.1) is 11.8 Å². The van der Waals surface area contributed by atoms with Gasteiger partial charge in [-0.25, -0.2) is 9.37 Å². The smallest absolute Gasteiger partial charge is 0.235 e. The third kappa shape index (κ3) is 5.42. The van der Waals surface area contributed by atoms with E-state index in [0.29, 0.717) is 54.1 Å². The zero-order valence-electron chi connectivity index (χ0n) is 19.7. The van der Waals surface area contributed by atoms with E-state index >= 15 is 4.39 Å². The van der Waals surface area contributed by atoms with E-state index in [1.54, 1.807) is 25.4 Å². The summed E-state index contributed by atoms with van der Waals surface area (Å²) >= 11 is 7.78. The maximum Gasteiger partial charge on any atom is 0.235 e. The van der Waals surface area contributed by atoms with E-state index < -0.39 is 12.3 Å². The van der Waals surface area contributed by atoms with Crippen molar-refractivity contribution in [1.29, 1.82) is 0 Å². The van der Waals surface area contributed by atoms with E-state index in [1.807, 2.05) is 23.1 Å². The molecule has 2 aliphatic rings. The molecular formula is C25H27ClFN5O3S. The number of hydrogen-bond acceptors (Lipinski definition) is 8. The summed E-state index contributed by atoms with van der Waals surface area (Å²) in [4.78, 5) is 23.3. The van der Waals surface area contributed by atoms with Crippen molar-refractivity contribution >= 4 is 46.0 Å². The molecular weight excluding hydrogens is 505 g/mol. The minimum absolute atomic E-state index is 0.0986. The molecule has 11 heteroatoms. The second kappa shape index (κ2) is 10.9. The molecule has 0 radical (unpaired) electrons. The Bertz CT molecular complexity index is 1280. The summed E-state index contributed by atoms with van der Waals surface area (Å²) in [6.07, 6.45) is 0.345. The van der Waals surface area contributed by atoms with Gasteiger partial charge in [-0.1, -0.05) is 11.6 Å². The molecule has 1 aromatic carbocycles. The third-order valence-electron chi connectivity index (χ3n) is 6.56. The lowest BCUT2D eigenvalue weighted by Crippen LogP contribution is -2.51. The first-order valence-corrected chi connectivity index (χ1v) is 13.1. The molecule has 1 amide bonds. The van der Waals surface area contributed by atoms with E-state index in [4.69, 9.17) is 16.3 Å². The zero-order chi connectivity index (χ0) is 25.2. The number of amides is 1. The number of aliphatic hydroxyl groups excluding tert-OH is 1. The van der Waals surface area contributed by atoms with Gasteiger partial charge in [0, 0.05) is 37.3 Å². The van der Waals surface area contributed by atoms with Gasteiger partial charge in [-0.2, -0.15) is 0 Å². The number of thioether (sulfide) groups is 1. The van der Waals surface area contributed by atoms with E-state index in [-0.39, 0.29) is 18.5 Å². The molecule has 1 saturated heterocycles. The number of aromatic nitrogens is 2. The van der Waals surface area contributed by atoms with Crippen molar-refractivity contribution in [3.8, 4) is 5.75 Å². The first-order valence-electron chi connectivity index (χ1n) is 11.7. The predicted octanol–water partition coefficient (Wildman–Crippen LogP) is 3.57. The molecule has 0 bridgehead atoms. The number of anilines is 1. The van der Waals surface area contributed by atoms with Crippen LogP contribution in [0.25, 0.3) is 10.9 Å². The number of aliphatic hydroxyl groups is 1. The van der Waals surface area contributed by atoms with Crippen LogP contribution in [0.1, 0.15) is 23.8 Å². The van der Waals surface area contributed by atoms with Crippen molar-refractivity contribution in [3.63, 3.8) is 0 Å². The number of benzene rings is 1. The van der Waals surface area contributed by atoms with E-state index in [2.05, 4.69) is 20.6 Å². The number of carbonyl (C=O) groups is 1. The van der Waals surface area contributed by atoms with Crippen molar-refractivity contribution in [3.05, 3.63) is 52.8 Å². The van der Waals surface area contributed by atoms with E-state index in [0.717, 1.165) is 21.4 Å². The highest BCUT2D eigenvalue weighted by molar-refractivity contribution is 8.00. The number of rotatable bonds is 7. The number of alkyl halides is 1. The Labute approximate surface area is 217 Å². The van der Waals surface area contributed by atoms with Crippen LogP contribution in [-0.2, 0) is 11.3 Å². The summed E-state index contributed by atoms with van der Waals surface area (Å²) in [6, 6.07) is 8.78. The zero-order valence-corrected chi connectivity index (χ0v) is 21.3. The summed E-state index contributed by atoms with van der Waals surface area (Å²) in [5.74, 6) is 1.43. The van der Waals surface area contributed by atoms with Crippen molar-refractivity contribution in [2.45, 2.75) is 36.2 Å². The molecule has 3 N–H and O–H groups in total. The van der Waals surface area contributed by atoms with Gasteiger partial charge in [-0.05, 0) is 48.9 Å². The van der Waals surface area contributed by atoms with Crippen LogP contribution in [0, 0.1) is 0 Å². The number of nitrogens with one attached hydrogen (secondary N) is 2. The summed E-state index contributed by atoms with van der Waals surface area (Å²) in [5, 5.41) is 18.3. The van der Waals surface area contributed by atoms with Gasteiger partial charge in [0.15, 0.2) is 0 Å².